The highest BCUT2D eigenvalue weighted by Gasteiger charge is 2.02. The molecule has 0 fully saturated rings. The molecule has 1 amide bonds. The molecule has 17 heavy (non-hydrogen) atoms. The van der Waals surface area contributed by atoms with Crippen molar-refractivity contribution in [2.45, 2.75) is 26.7 Å². The zero-order valence-electron chi connectivity index (χ0n) is 10.1. The number of aryl methyl sites for hydroxylation is 1. The number of aromatic nitrogens is 2. The lowest BCUT2D eigenvalue weighted by molar-refractivity contribution is -0.118. The second-order valence-electron chi connectivity index (χ2n) is 3.65. The molecule has 0 aliphatic rings. The molecule has 6 heteroatoms. The van der Waals surface area contributed by atoms with E-state index in [0.29, 0.717) is 24.1 Å². The van der Waals surface area contributed by atoms with E-state index in [-0.39, 0.29) is 5.91 Å². The maximum atomic E-state index is 10.7. The number of amides is 1. The molecule has 0 saturated heterocycles. The Hall–Kier alpha value is -1.36. The van der Waals surface area contributed by atoms with Crippen LogP contribution in [0.1, 0.15) is 26.1 Å². The predicted octanol–water partition coefficient (Wildman–Crippen LogP) is 1.63. The molecule has 5 nitrogen and oxygen atoms in total. The highest BCUT2D eigenvalue weighted by atomic mass is 35.5. The summed E-state index contributed by atoms with van der Waals surface area (Å²) in [7, 11) is 0. The Morgan fingerprint density at radius 1 is 1.41 bits per heavy atom. The van der Waals surface area contributed by atoms with Gasteiger partial charge in [0.2, 0.25) is 5.91 Å². The molecule has 1 rings (SSSR count). The summed E-state index contributed by atoms with van der Waals surface area (Å²) >= 11 is 5.89. The fraction of sp³-hybridized carbons (Fsp3) is 0.545. The average Bonchev–Trinajstić information content (AvgIpc) is 2.24. The van der Waals surface area contributed by atoms with Gasteiger partial charge in [0.1, 0.15) is 16.8 Å². The summed E-state index contributed by atoms with van der Waals surface area (Å²) in [6.45, 7) is 4.72. The molecule has 0 saturated carbocycles. The first-order chi connectivity index (χ1) is 8.11. The second-order valence-corrected chi connectivity index (χ2v) is 4.04. The van der Waals surface area contributed by atoms with Crippen molar-refractivity contribution >= 4 is 23.3 Å². The van der Waals surface area contributed by atoms with Gasteiger partial charge in [0, 0.05) is 32.5 Å². The minimum atomic E-state index is -0.0424. The van der Waals surface area contributed by atoms with Gasteiger partial charge in [-0.25, -0.2) is 9.97 Å². The van der Waals surface area contributed by atoms with Crippen LogP contribution >= 0.6 is 11.6 Å². The summed E-state index contributed by atoms with van der Waals surface area (Å²) in [4.78, 5) is 19.1. The first-order valence-corrected chi connectivity index (χ1v) is 6.01. The van der Waals surface area contributed by atoms with Crippen molar-refractivity contribution in [1.82, 2.24) is 15.3 Å². The van der Waals surface area contributed by atoms with Crippen LogP contribution in [-0.4, -0.2) is 29.0 Å². The largest absolute Gasteiger partial charge is 0.368 e. The second kappa shape index (κ2) is 7.06. The van der Waals surface area contributed by atoms with Crippen molar-refractivity contribution in [2.24, 2.45) is 0 Å². The number of nitrogens with zero attached hydrogens (tertiary/aromatic N) is 2. The zero-order chi connectivity index (χ0) is 12.7. The van der Waals surface area contributed by atoms with Gasteiger partial charge in [-0.15, -0.1) is 0 Å². The Labute approximate surface area is 106 Å². The summed E-state index contributed by atoms with van der Waals surface area (Å²) < 4.78 is 0. The third-order valence-electron chi connectivity index (χ3n) is 2.02. The maximum Gasteiger partial charge on any atom is 0.216 e. The standard InChI is InChI=1S/C11H17ClN4O/c1-3-4-10-15-9(12)7-11(16-10)14-6-5-13-8(2)17/h7H,3-6H2,1-2H3,(H,13,17)(H,14,15,16). The van der Waals surface area contributed by atoms with Gasteiger partial charge in [-0.05, 0) is 6.42 Å². The van der Waals surface area contributed by atoms with Crippen LogP contribution in [0.15, 0.2) is 6.07 Å². The minimum absolute atomic E-state index is 0.0424. The summed E-state index contributed by atoms with van der Waals surface area (Å²) in [5, 5.41) is 6.22. The zero-order valence-corrected chi connectivity index (χ0v) is 10.8. The van der Waals surface area contributed by atoms with Crippen LogP contribution in [0.3, 0.4) is 0 Å². The summed E-state index contributed by atoms with van der Waals surface area (Å²) in [6.07, 6.45) is 1.78. The van der Waals surface area contributed by atoms with Crippen LogP contribution in [0.5, 0.6) is 0 Å². The normalized spacial score (nSPS) is 10.1. The fourth-order valence-electron chi connectivity index (χ4n) is 1.32. The highest BCUT2D eigenvalue weighted by Crippen LogP contribution is 2.12. The van der Waals surface area contributed by atoms with E-state index in [2.05, 4.69) is 27.5 Å². The molecule has 0 bridgehead atoms. The van der Waals surface area contributed by atoms with Crippen molar-refractivity contribution < 1.29 is 4.79 Å². The van der Waals surface area contributed by atoms with Crippen LogP contribution in [0.4, 0.5) is 5.82 Å². The van der Waals surface area contributed by atoms with Crippen LogP contribution in [0.25, 0.3) is 0 Å². The van der Waals surface area contributed by atoms with E-state index in [9.17, 15) is 4.79 Å². The lowest BCUT2D eigenvalue weighted by atomic mass is 10.3. The van der Waals surface area contributed by atoms with Gasteiger partial charge in [-0.1, -0.05) is 18.5 Å². The van der Waals surface area contributed by atoms with E-state index < -0.39 is 0 Å². The Kier molecular flexibility index (Phi) is 5.69. The number of carbonyl (C=O) groups excluding carboxylic acids is 1. The molecular formula is C11H17ClN4O. The Balaban J connectivity index is 2.49. The number of hydrogen-bond donors (Lipinski definition) is 2. The number of halogens is 1. The van der Waals surface area contributed by atoms with Gasteiger partial charge >= 0.3 is 0 Å². The third-order valence-corrected chi connectivity index (χ3v) is 2.21. The van der Waals surface area contributed by atoms with Crippen LogP contribution in [0, 0.1) is 0 Å². The third kappa shape index (κ3) is 5.49. The smallest absolute Gasteiger partial charge is 0.216 e. The molecule has 1 heterocycles. The summed E-state index contributed by atoms with van der Waals surface area (Å²) in [5.74, 6) is 1.39. The number of nitrogens with one attached hydrogen (secondary N) is 2. The van der Waals surface area contributed by atoms with Gasteiger partial charge in [0.25, 0.3) is 0 Å². The number of carbonyl (C=O) groups is 1. The first-order valence-electron chi connectivity index (χ1n) is 5.63. The molecular weight excluding hydrogens is 240 g/mol. The average molecular weight is 257 g/mol. The number of rotatable bonds is 6. The van der Waals surface area contributed by atoms with Crippen LogP contribution < -0.4 is 10.6 Å². The lowest BCUT2D eigenvalue weighted by Crippen LogP contribution is -2.26. The van der Waals surface area contributed by atoms with Gasteiger partial charge in [-0.2, -0.15) is 0 Å². The van der Waals surface area contributed by atoms with Crippen molar-refractivity contribution in [1.29, 1.82) is 0 Å². The Morgan fingerprint density at radius 2 is 2.18 bits per heavy atom. The van der Waals surface area contributed by atoms with Gasteiger partial charge in [0.05, 0.1) is 0 Å². The molecule has 0 aliphatic carbocycles. The molecule has 94 valence electrons. The van der Waals surface area contributed by atoms with E-state index in [1.165, 1.54) is 6.92 Å². The lowest BCUT2D eigenvalue weighted by Gasteiger charge is -2.07. The SMILES string of the molecule is CCCc1nc(Cl)cc(NCCNC(C)=O)n1. The van der Waals surface area contributed by atoms with E-state index in [4.69, 9.17) is 11.6 Å². The molecule has 0 unspecified atom stereocenters. The van der Waals surface area contributed by atoms with E-state index in [1.54, 1.807) is 6.07 Å². The van der Waals surface area contributed by atoms with Crippen molar-refractivity contribution in [3.05, 3.63) is 17.0 Å². The maximum absolute atomic E-state index is 10.7. The number of anilines is 1. The van der Waals surface area contributed by atoms with Crippen molar-refractivity contribution in [3.63, 3.8) is 0 Å². The van der Waals surface area contributed by atoms with Crippen molar-refractivity contribution in [2.75, 3.05) is 18.4 Å². The van der Waals surface area contributed by atoms with Crippen LogP contribution in [0.2, 0.25) is 5.15 Å². The quantitative estimate of drug-likeness (QED) is 0.600. The predicted molar refractivity (Wildman–Crippen MR) is 68.2 cm³/mol. The van der Waals surface area contributed by atoms with Crippen molar-refractivity contribution in [3.8, 4) is 0 Å². The van der Waals surface area contributed by atoms with Crippen LogP contribution in [-0.2, 0) is 11.2 Å². The first kappa shape index (κ1) is 13.7. The molecule has 1 aromatic heterocycles. The van der Waals surface area contributed by atoms with E-state index in [1.807, 2.05) is 0 Å². The molecule has 0 aromatic carbocycles. The van der Waals surface area contributed by atoms with Gasteiger partial charge < -0.3 is 10.6 Å². The molecule has 2 N–H and O–H groups in total. The Morgan fingerprint density at radius 3 is 2.82 bits per heavy atom. The van der Waals surface area contributed by atoms with E-state index >= 15 is 0 Å². The van der Waals surface area contributed by atoms with E-state index in [0.717, 1.165) is 18.7 Å². The molecule has 0 radical (unpaired) electrons. The summed E-state index contributed by atoms with van der Waals surface area (Å²) in [6, 6.07) is 1.68. The summed E-state index contributed by atoms with van der Waals surface area (Å²) in [5.41, 5.74) is 0. The highest BCUT2D eigenvalue weighted by molar-refractivity contribution is 6.29. The molecule has 0 aliphatic heterocycles. The Bertz CT molecular complexity index is 384. The van der Waals surface area contributed by atoms with Gasteiger partial charge in [0.15, 0.2) is 0 Å². The van der Waals surface area contributed by atoms with Gasteiger partial charge in [-0.3, -0.25) is 4.79 Å². The topological polar surface area (TPSA) is 66.9 Å². The monoisotopic (exact) mass is 256 g/mol. The fourth-order valence-corrected chi connectivity index (χ4v) is 1.52. The minimum Gasteiger partial charge on any atom is -0.368 e. The molecule has 0 spiro atoms. The molecule has 0 atom stereocenters. The molecule has 1 aromatic rings. The number of hydrogen-bond acceptors (Lipinski definition) is 4.